The first kappa shape index (κ1) is 17.4. The average Bonchev–Trinajstić information content (AvgIpc) is 2.97. The number of ether oxygens (including phenoxy) is 1. The molecule has 1 amide bonds. The fourth-order valence-corrected chi connectivity index (χ4v) is 1.71. The topological polar surface area (TPSA) is 94.3 Å². The van der Waals surface area contributed by atoms with Crippen molar-refractivity contribution >= 4 is 17.9 Å². The van der Waals surface area contributed by atoms with Crippen molar-refractivity contribution in [1.82, 2.24) is 10.1 Å². The molecule has 7 nitrogen and oxygen atoms in total. The number of carbonyl (C=O) groups is 2. The Labute approximate surface area is 133 Å². The van der Waals surface area contributed by atoms with Crippen LogP contribution in [0, 0.1) is 6.92 Å². The van der Waals surface area contributed by atoms with E-state index in [1.165, 1.54) is 12.1 Å². The van der Waals surface area contributed by atoms with E-state index in [0.29, 0.717) is 5.56 Å². The van der Waals surface area contributed by atoms with Crippen LogP contribution in [-0.2, 0) is 11.0 Å². The summed E-state index contributed by atoms with van der Waals surface area (Å²) in [6.07, 6.45) is -4.70. The number of aryl methyl sites for hydroxylation is 1. The van der Waals surface area contributed by atoms with Crippen LogP contribution in [0.4, 0.5) is 19.2 Å². The zero-order chi connectivity index (χ0) is 17.9. The Morgan fingerprint density at radius 1 is 1.33 bits per heavy atom. The number of esters is 1. The highest BCUT2D eigenvalue weighted by atomic mass is 19.4. The summed E-state index contributed by atoms with van der Waals surface area (Å²) in [6.45, 7) is 3.20. The first-order chi connectivity index (χ1) is 11.2. The van der Waals surface area contributed by atoms with Gasteiger partial charge in [0.05, 0.1) is 5.56 Å². The summed E-state index contributed by atoms with van der Waals surface area (Å²) in [4.78, 5) is 26.7. The number of halogens is 3. The van der Waals surface area contributed by atoms with E-state index in [1.54, 1.807) is 19.9 Å². The summed E-state index contributed by atoms with van der Waals surface area (Å²) < 4.78 is 46.6. The normalized spacial score (nSPS) is 11.2. The summed E-state index contributed by atoms with van der Waals surface area (Å²) >= 11 is 0. The van der Waals surface area contributed by atoms with Crippen molar-refractivity contribution in [3.8, 4) is 5.75 Å². The lowest BCUT2D eigenvalue weighted by Gasteiger charge is -2.11. The number of amides is 1. The Hall–Kier alpha value is -2.91. The highest BCUT2D eigenvalue weighted by Crippen LogP contribution is 2.28. The van der Waals surface area contributed by atoms with Crippen molar-refractivity contribution in [2.75, 3.05) is 5.32 Å². The van der Waals surface area contributed by atoms with Crippen molar-refractivity contribution in [2.45, 2.75) is 26.4 Å². The van der Waals surface area contributed by atoms with E-state index in [2.05, 4.69) is 14.7 Å². The van der Waals surface area contributed by atoms with Gasteiger partial charge in [-0.05, 0) is 23.7 Å². The van der Waals surface area contributed by atoms with Crippen molar-refractivity contribution in [2.24, 2.45) is 0 Å². The van der Waals surface area contributed by atoms with Gasteiger partial charge in [-0.1, -0.05) is 19.1 Å². The molecule has 0 aliphatic rings. The average molecular weight is 343 g/mol. The molecule has 2 rings (SSSR count). The molecule has 1 aromatic carbocycles. The molecule has 10 heteroatoms. The summed E-state index contributed by atoms with van der Waals surface area (Å²) in [5.74, 6) is -2.91. The number of nitrogens with one attached hydrogen (secondary N) is 1. The Kier molecular flexibility index (Phi) is 4.86. The molecule has 0 saturated heterocycles. The van der Waals surface area contributed by atoms with Crippen LogP contribution in [0.1, 0.15) is 35.1 Å². The maximum atomic E-state index is 12.4. The number of carbonyl (C=O) groups excluding carboxylic acids is 2. The first-order valence-electron chi connectivity index (χ1n) is 6.75. The molecule has 0 saturated carbocycles. The van der Waals surface area contributed by atoms with E-state index in [0.717, 1.165) is 0 Å². The molecule has 0 aliphatic carbocycles. The highest BCUT2D eigenvalue weighted by Gasteiger charge is 2.37. The summed E-state index contributed by atoms with van der Waals surface area (Å²) in [6, 6.07) is 3.77. The van der Waals surface area contributed by atoms with E-state index in [4.69, 9.17) is 4.74 Å². The quantitative estimate of drug-likeness (QED) is 0.677. The van der Waals surface area contributed by atoms with Gasteiger partial charge >= 0.3 is 18.2 Å². The standard InChI is InChI=1S/C14H12F3N3O4/c1-3-9(21)23-10-7(2)5-4-6-8(10)11(22)18-13-19-12(20-24-13)14(15,16)17/h4-6H,3H2,1-2H3,(H,18,19,20,22). The molecule has 0 unspecified atom stereocenters. The van der Waals surface area contributed by atoms with E-state index in [9.17, 15) is 22.8 Å². The molecule has 0 aliphatic heterocycles. The maximum absolute atomic E-state index is 12.4. The van der Waals surface area contributed by atoms with Gasteiger partial charge in [0.2, 0.25) is 0 Å². The molecule has 0 radical (unpaired) electrons. The van der Waals surface area contributed by atoms with E-state index in [1.807, 2.05) is 5.32 Å². The second-order valence-electron chi connectivity index (χ2n) is 4.65. The number of benzene rings is 1. The fourth-order valence-electron chi connectivity index (χ4n) is 1.71. The molecular weight excluding hydrogens is 331 g/mol. The third-order valence-electron chi connectivity index (χ3n) is 2.86. The molecule has 1 N–H and O–H groups in total. The van der Waals surface area contributed by atoms with Crippen LogP contribution < -0.4 is 10.1 Å². The summed E-state index contributed by atoms with van der Waals surface area (Å²) in [5.41, 5.74) is 0.453. The van der Waals surface area contributed by atoms with Crippen LogP contribution >= 0.6 is 0 Å². The van der Waals surface area contributed by atoms with Crippen LogP contribution in [0.25, 0.3) is 0 Å². The van der Waals surface area contributed by atoms with Gasteiger partial charge in [0, 0.05) is 6.42 Å². The molecular formula is C14H12F3N3O4. The first-order valence-corrected chi connectivity index (χ1v) is 6.75. The Morgan fingerprint density at radius 3 is 2.62 bits per heavy atom. The molecule has 1 heterocycles. The van der Waals surface area contributed by atoms with Crippen molar-refractivity contribution in [1.29, 1.82) is 0 Å². The summed E-state index contributed by atoms with van der Waals surface area (Å²) in [5, 5.41) is 4.76. The SMILES string of the molecule is CCC(=O)Oc1c(C)cccc1C(=O)Nc1nc(C(F)(F)F)no1. The lowest BCUT2D eigenvalue weighted by molar-refractivity contribution is -0.146. The van der Waals surface area contributed by atoms with E-state index < -0.39 is 29.9 Å². The van der Waals surface area contributed by atoms with Gasteiger partial charge in [-0.2, -0.15) is 18.2 Å². The number of nitrogens with zero attached hydrogens (tertiary/aromatic N) is 2. The molecule has 0 bridgehead atoms. The minimum atomic E-state index is -4.79. The minimum Gasteiger partial charge on any atom is -0.425 e. The maximum Gasteiger partial charge on any atom is 0.455 e. The third-order valence-corrected chi connectivity index (χ3v) is 2.86. The lowest BCUT2D eigenvalue weighted by Crippen LogP contribution is -2.17. The largest absolute Gasteiger partial charge is 0.455 e. The highest BCUT2D eigenvalue weighted by molar-refractivity contribution is 6.05. The Bertz CT molecular complexity index is 771. The van der Waals surface area contributed by atoms with E-state index >= 15 is 0 Å². The van der Waals surface area contributed by atoms with Crippen molar-refractivity contribution < 1.29 is 32.0 Å². The monoisotopic (exact) mass is 343 g/mol. The van der Waals surface area contributed by atoms with Gasteiger partial charge in [-0.15, -0.1) is 0 Å². The zero-order valence-corrected chi connectivity index (χ0v) is 12.6. The molecule has 24 heavy (non-hydrogen) atoms. The van der Waals surface area contributed by atoms with Gasteiger partial charge < -0.3 is 9.26 Å². The van der Waals surface area contributed by atoms with Crippen LogP contribution in [0.15, 0.2) is 22.7 Å². The van der Waals surface area contributed by atoms with Crippen molar-refractivity contribution in [3.63, 3.8) is 0 Å². The van der Waals surface area contributed by atoms with E-state index in [-0.39, 0.29) is 17.7 Å². The number of hydrogen-bond acceptors (Lipinski definition) is 6. The predicted octanol–water partition coefficient (Wildman–Crippen LogP) is 2.96. The van der Waals surface area contributed by atoms with Gasteiger partial charge in [-0.3, -0.25) is 14.9 Å². The molecule has 0 atom stereocenters. The predicted molar refractivity (Wildman–Crippen MR) is 74.4 cm³/mol. The molecule has 0 spiro atoms. The summed E-state index contributed by atoms with van der Waals surface area (Å²) in [7, 11) is 0. The van der Waals surface area contributed by atoms with Crippen LogP contribution in [0.3, 0.4) is 0 Å². The molecule has 1 aromatic heterocycles. The molecule has 0 fully saturated rings. The number of aromatic nitrogens is 2. The molecule has 128 valence electrons. The smallest absolute Gasteiger partial charge is 0.425 e. The number of rotatable bonds is 4. The van der Waals surface area contributed by atoms with Gasteiger partial charge in [0.15, 0.2) is 0 Å². The van der Waals surface area contributed by atoms with Crippen molar-refractivity contribution in [3.05, 3.63) is 35.2 Å². The third kappa shape index (κ3) is 3.89. The minimum absolute atomic E-state index is 0.0115. The number of alkyl halides is 3. The van der Waals surface area contributed by atoms with Gasteiger partial charge in [-0.25, -0.2) is 0 Å². The Balaban J connectivity index is 2.25. The van der Waals surface area contributed by atoms with Gasteiger partial charge in [0.1, 0.15) is 5.75 Å². The number of para-hydroxylation sites is 1. The van der Waals surface area contributed by atoms with Crippen LogP contribution in [-0.4, -0.2) is 22.0 Å². The fraction of sp³-hybridized carbons (Fsp3) is 0.286. The number of hydrogen-bond donors (Lipinski definition) is 1. The van der Waals surface area contributed by atoms with Crippen LogP contribution in [0.5, 0.6) is 5.75 Å². The Morgan fingerprint density at radius 2 is 2.04 bits per heavy atom. The van der Waals surface area contributed by atoms with Crippen LogP contribution in [0.2, 0.25) is 0 Å². The zero-order valence-electron chi connectivity index (χ0n) is 12.6. The second kappa shape index (κ2) is 6.69. The molecule has 2 aromatic rings. The second-order valence-corrected chi connectivity index (χ2v) is 4.65. The lowest BCUT2D eigenvalue weighted by atomic mass is 10.1. The number of anilines is 1. The van der Waals surface area contributed by atoms with Gasteiger partial charge in [0.25, 0.3) is 11.7 Å².